The summed E-state index contributed by atoms with van der Waals surface area (Å²) in [5.41, 5.74) is 4.97. The highest BCUT2D eigenvalue weighted by Gasteiger charge is 2.23. The molecular weight excluding hydrogens is 399 g/mol. The number of halogens is 2. The lowest BCUT2D eigenvalue weighted by Gasteiger charge is -2.18. The Hall–Kier alpha value is -0.820. The van der Waals surface area contributed by atoms with E-state index in [0.717, 1.165) is 38.3 Å². The number of rotatable bonds is 5. The number of hydrogen-bond acceptors (Lipinski definition) is 3. The van der Waals surface area contributed by atoms with E-state index in [1.807, 2.05) is 42.5 Å². The Morgan fingerprint density at radius 3 is 2.38 bits per heavy atom. The van der Waals surface area contributed by atoms with Crippen molar-refractivity contribution in [3.63, 3.8) is 0 Å². The van der Waals surface area contributed by atoms with Gasteiger partial charge in [-0.3, -0.25) is 5.84 Å². The Labute approximate surface area is 142 Å². The monoisotopic (exact) mass is 414 g/mol. The van der Waals surface area contributed by atoms with Gasteiger partial charge in [-0.2, -0.15) is 0 Å². The average molecular weight is 415 g/mol. The largest absolute Gasteiger partial charge is 0.490 e. The van der Waals surface area contributed by atoms with Crippen LogP contribution >= 0.6 is 34.2 Å². The van der Waals surface area contributed by atoms with Crippen molar-refractivity contribution in [1.82, 2.24) is 5.43 Å². The van der Waals surface area contributed by atoms with Crippen LogP contribution in [-0.2, 0) is 0 Å². The summed E-state index contributed by atoms with van der Waals surface area (Å²) in [6.45, 7) is 0. The van der Waals surface area contributed by atoms with E-state index in [1.54, 1.807) is 0 Å². The summed E-state index contributed by atoms with van der Waals surface area (Å²) >= 11 is 8.41. The molecule has 0 aliphatic heterocycles. The van der Waals surface area contributed by atoms with Crippen LogP contribution in [-0.4, -0.2) is 6.10 Å². The Morgan fingerprint density at radius 2 is 1.81 bits per heavy atom. The van der Waals surface area contributed by atoms with Crippen molar-refractivity contribution in [2.45, 2.75) is 25.0 Å². The number of hydrogen-bond donors (Lipinski definition) is 2. The highest BCUT2D eigenvalue weighted by Crippen LogP contribution is 2.30. The summed E-state index contributed by atoms with van der Waals surface area (Å²) in [6.07, 6.45) is 2.74. The van der Waals surface area contributed by atoms with Crippen molar-refractivity contribution >= 4 is 34.2 Å². The molecule has 110 valence electrons. The number of nitrogens with one attached hydrogen (secondary N) is 1. The second-order valence-electron chi connectivity index (χ2n) is 5.16. The Kier molecular flexibility index (Phi) is 4.69. The lowest BCUT2D eigenvalue weighted by molar-refractivity contribution is 0.303. The van der Waals surface area contributed by atoms with Gasteiger partial charge in [0.2, 0.25) is 0 Å². The van der Waals surface area contributed by atoms with Gasteiger partial charge in [0.25, 0.3) is 0 Å². The third kappa shape index (κ3) is 3.69. The second-order valence-corrected chi connectivity index (χ2v) is 6.73. The van der Waals surface area contributed by atoms with E-state index in [-0.39, 0.29) is 6.04 Å². The van der Waals surface area contributed by atoms with Gasteiger partial charge in [0.1, 0.15) is 5.75 Å². The summed E-state index contributed by atoms with van der Waals surface area (Å²) in [5.74, 6) is 6.64. The molecule has 0 aromatic heterocycles. The van der Waals surface area contributed by atoms with Gasteiger partial charge in [-0.05, 0) is 70.8 Å². The van der Waals surface area contributed by atoms with Crippen molar-refractivity contribution in [2.24, 2.45) is 5.84 Å². The molecule has 0 saturated heterocycles. The standard InChI is InChI=1S/C16H16ClIN2O/c17-14-9-11(3-8-15(14)18)16(20-19)10-1-4-12(5-2-10)21-13-6-7-13/h1-5,8-9,13,16,20H,6-7,19H2. The van der Waals surface area contributed by atoms with Gasteiger partial charge in [0.15, 0.2) is 0 Å². The highest BCUT2D eigenvalue weighted by molar-refractivity contribution is 14.1. The predicted molar refractivity (Wildman–Crippen MR) is 93.4 cm³/mol. The maximum atomic E-state index is 6.20. The second kappa shape index (κ2) is 6.52. The van der Waals surface area contributed by atoms with Crippen molar-refractivity contribution in [3.8, 4) is 5.75 Å². The minimum absolute atomic E-state index is 0.0884. The van der Waals surface area contributed by atoms with Gasteiger partial charge < -0.3 is 4.74 Å². The molecule has 3 N–H and O–H groups in total. The van der Waals surface area contributed by atoms with Gasteiger partial charge in [-0.25, -0.2) is 5.43 Å². The molecule has 2 aromatic carbocycles. The maximum absolute atomic E-state index is 6.20. The maximum Gasteiger partial charge on any atom is 0.119 e. The van der Waals surface area contributed by atoms with Crippen LogP contribution in [0.5, 0.6) is 5.75 Å². The van der Waals surface area contributed by atoms with E-state index in [0.29, 0.717) is 6.10 Å². The minimum Gasteiger partial charge on any atom is -0.490 e. The van der Waals surface area contributed by atoms with Crippen molar-refractivity contribution in [2.75, 3.05) is 0 Å². The van der Waals surface area contributed by atoms with E-state index in [2.05, 4.69) is 28.0 Å². The van der Waals surface area contributed by atoms with Crippen LogP contribution < -0.4 is 16.0 Å². The van der Waals surface area contributed by atoms with Crippen LogP contribution in [0.4, 0.5) is 0 Å². The van der Waals surface area contributed by atoms with Crippen LogP contribution in [0.2, 0.25) is 5.02 Å². The molecule has 1 unspecified atom stereocenters. The number of hydrazine groups is 1. The first-order chi connectivity index (χ1) is 10.2. The Bertz CT molecular complexity index is 629. The van der Waals surface area contributed by atoms with Crippen LogP contribution in [0, 0.1) is 3.57 Å². The number of benzene rings is 2. The van der Waals surface area contributed by atoms with E-state index in [1.165, 1.54) is 0 Å². The molecule has 1 aliphatic rings. The van der Waals surface area contributed by atoms with Crippen LogP contribution in [0.25, 0.3) is 0 Å². The summed E-state index contributed by atoms with van der Waals surface area (Å²) < 4.78 is 6.79. The van der Waals surface area contributed by atoms with Crippen molar-refractivity contribution in [3.05, 3.63) is 62.2 Å². The third-order valence-corrected chi connectivity index (χ3v) is 5.06. The average Bonchev–Trinajstić information content (AvgIpc) is 3.29. The smallest absolute Gasteiger partial charge is 0.119 e. The zero-order valence-corrected chi connectivity index (χ0v) is 14.3. The zero-order valence-electron chi connectivity index (χ0n) is 11.4. The molecule has 5 heteroatoms. The molecule has 1 fully saturated rings. The van der Waals surface area contributed by atoms with Crippen LogP contribution in [0.1, 0.15) is 30.0 Å². The fourth-order valence-corrected chi connectivity index (χ4v) is 2.72. The molecule has 21 heavy (non-hydrogen) atoms. The Balaban J connectivity index is 1.82. The molecule has 0 heterocycles. The van der Waals surface area contributed by atoms with Gasteiger partial charge in [0, 0.05) is 3.57 Å². The molecule has 1 atom stereocenters. The Morgan fingerprint density at radius 1 is 1.14 bits per heavy atom. The molecule has 0 amide bonds. The molecule has 3 nitrogen and oxygen atoms in total. The van der Waals surface area contributed by atoms with Crippen molar-refractivity contribution < 1.29 is 4.74 Å². The zero-order chi connectivity index (χ0) is 14.8. The predicted octanol–water partition coefficient (Wildman–Crippen LogP) is 4.04. The van der Waals surface area contributed by atoms with E-state index < -0.39 is 0 Å². The fourth-order valence-electron chi connectivity index (χ4n) is 2.19. The van der Waals surface area contributed by atoms with Crippen LogP contribution in [0.15, 0.2) is 42.5 Å². The topological polar surface area (TPSA) is 47.3 Å². The molecule has 2 aromatic rings. The van der Waals surface area contributed by atoms with Gasteiger partial charge in [0.05, 0.1) is 17.2 Å². The summed E-state index contributed by atoms with van der Waals surface area (Å²) in [7, 11) is 0. The van der Waals surface area contributed by atoms with Gasteiger partial charge >= 0.3 is 0 Å². The quantitative estimate of drug-likeness (QED) is 0.441. The van der Waals surface area contributed by atoms with Crippen LogP contribution in [0.3, 0.4) is 0 Å². The van der Waals surface area contributed by atoms with Gasteiger partial charge in [-0.1, -0.05) is 29.8 Å². The first kappa shape index (κ1) is 15.1. The lowest BCUT2D eigenvalue weighted by atomic mass is 9.99. The van der Waals surface area contributed by atoms with E-state index in [9.17, 15) is 0 Å². The molecular formula is C16H16ClIN2O. The first-order valence-electron chi connectivity index (χ1n) is 6.85. The first-order valence-corrected chi connectivity index (χ1v) is 8.31. The van der Waals surface area contributed by atoms with E-state index in [4.69, 9.17) is 22.2 Å². The fraction of sp³-hybridized carbons (Fsp3) is 0.250. The van der Waals surface area contributed by atoms with Crippen molar-refractivity contribution in [1.29, 1.82) is 0 Å². The molecule has 1 aliphatic carbocycles. The molecule has 0 radical (unpaired) electrons. The van der Waals surface area contributed by atoms with E-state index >= 15 is 0 Å². The highest BCUT2D eigenvalue weighted by atomic mass is 127. The lowest BCUT2D eigenvalue weighted by Crippen LogP contribution is -2.28. The third-order valence-electron chi connectivity index (χ3n) is 3.48. The summed E-state index contributed by atoms with van der Waals surface area (Å²) in [4.78, 5) is 0. The molecule has 3 rings (SSSR count). The van der Waals surface area contributed by atoms with Gasteiger partial charge in [-0.15, -0.1) is 0 Å². The normalized spacial score (nSPS) is 15.8. The minimum atomic E-state index is -0.0884. The molecule has 0 spiro atoms. The molecule has 0 bridgehead atoms. The number of ether oxygens (including phenoxy) is 1. The SMILES string of the molecule is NNC(c1ccc(OC2CC2)cc1)c1ccc(I)c(Cl)c1. The summed E-state index contributed by atoms with van der Waals surface area (Å²) in [6, 6.07) is 13.9. The number of nitrogens with two attached hydrogens (primary N) is 1. The molecule has 1 saturated carbocycles. The summed E-state index contributed by atoms with van der Waals surface area (Å²) in [5, 5.41) is 0.738.